The van der Waals surface area contributed by atoms with Crippen LogP contribution in [0.25, 0.3) is 0 Å². The number of hydrogen-bond acceptors (Lipinski definition) is 2. The van der Waals surface area contributed by atoms with Crippen molar-refractivity contribution in [2.75, 3.05) is 0 Å². The summed E-state index contributed by atoms with van der Waals surface area (Å²) in [5.41, 5.74) is 0.763. The Hall–Kier alpha value is -1.06. The fourth-order valence-electron chi connectivity index (χ4n) is 6.04. The molecule has 0 saturated heterocycles. The highest BCUT2D eigenvalue weighted by Crippen LogP contribution is 2.43. The van der Waals surface area contributed by atoms with Crippen molar-refractivity contribution in [3.63, 3.8) is 0 Å². The molecule has 4 heteroatoms. The Morgan fingerprint density at radius 3 is 1.63 bits per heavy atom. The van der Waals surface area contributed by atoms with Gasteiger partial charge in [0.1, 0.15) is 0 Å². The SMILES string of the molecule is CC1CC(CC(=O)O)CC(C)(C)C1.CC1CC(CCC(=O)O)CC(C)(C)C1. The molecule has 2 rings (SSSR count). The smallest absolute Gasteiger partial charge is 0.303 e. The first-order chi connectivity index (χ1) is 12.3. The van der Waals surface area contributed by atoms with Crippen LogP contribution in [0.5, 0.6) is 0 Å². The molecule has 0 aromatic carbocycles. The molecular weight excluding hydrogens is 340 g/mol. The van der Waals surface area contributed by atoms with E-state index in [4.69, 9.17) is 10.2 Å². The maximum absolute atomic E-state index is 10.6. The van der Waals surface area contributed by atoms with Gasteiger partial charge in [0.05, 0.1) is 0 Å². The monoisotopic (exact) mass is 382 g/mol. The van der Waals surface area contributed by atoms with E-state index in [0.29, 0.717) is 41.4 Å². The zero-order valence-corrected chi connectivity index (χ0v) is 18.4. The number of aliphatic carboxylic acids is 2. The highest BCUT2D eigenvalue weighted by atomic mass is 16.4. The standard InChI is InChI=1S/C12H22O2.C11H20O2/c1-9-6-10(4-5-11(13)14)8-12(2,3)7-9;1-8-4-9(5-10(12)13)7-11(2,3)6-8/h9-10H,4-8H2,1-3H3,(H,13,14);8-9H,4-7H2,1-3H3,(H,12,13). The largest absolute Gasteiger partial charge is 0.481 e. The third-order valence-corrected chi connectivity index (χ3v) is 6.19. The summed E-state index contributed by atoms with van der Waals surface area (Å²) >= 11 is 0. The summed E-state index contributed by atoms with van der Waals surface area (Å²) in [4.78, 5) is 21.1. The molecule has 4 nitrogen and oxygen atoms in total. The lowest BCUT2D eigenvalue weighted by Crippen LogP contribution is -2.28. The Morgan fingerprint density at radius 1 is 0.778 bits per heavy atom. The quantitative estimate of drug-likeness (QED) is 0.590. The van der Waals surface area contributed by atoms with Gasteiger partial charge in [0.25, 0.3) is 0 Å². The molecule has 158 valence electrons. The average Bonchev–Trinajstić information content (AvgIpc) is 2.40. The third kappa shape index (κ3) is 10.2. The summed E-state index contributed by atoms with van der Waals surface area (Å²) in [5.74, 6) is 1.18. The molecule has 0 bridgehead atoms. The van der Waals surface area contributed by atoms with Crippen molar-refractivity contribution >= 4 is 11.9 Å². The molecule has 0 aliphatic heterocycles. The van der Waals surface area contributed by atoms with E-state index in [-0.39, 0.29) is 0 Å². The molecule has 2 N–H and O–H groups in total. The molecule has 2 aliphatic carbocycles. The summed E-state index contributed by atoms with van der Waals surface area (Å²) in [6.07, 6.45) is 8.67. The molecule has 2 saturated carbocycles. The van der Waals surface area contributed by atoms with Gasteiger partial charge in [0.2, 0.25) is 0 Å². The predicted molar refractivity (Wildman–Crippen MR) is 110 cm³/mol. The highest BCUT2D eigenvalue weighted by Gasteiger charge is 2.33. The van der Waals surface area contributed by atoms with Crippen LogP contribution in [0.2, 0.25) is 0 Å². The van der Waals surface area contributed by atoms with Crippen molar-refractivity contribution in [1.29, 1.82) is 0 Å². The van der Waals surface area contributed by atoms with Gasteiger partial charge in [-0.1, -0.05) is 41.5 Å². The van der Waals surface area contributed by atoms with Crippen LogP contribution in [0.4, 0.5) is 0 Å². The number of carboxylic acids is 2. The van der Waals surface area contributed by atoms with Crippen LogP contribution in [-0.4, -0.2) is 22.2 Å². The molecule has 2 fully saturated rings. The van der Waals surface area contributed by atoms with Crippen LogP contribution >= 0.6 is 0 Å². The van der Waals surface area contributed by atoms with Gasteiger partial charge in [-0.05, 0) is 79.4 Å². The van der Waals surface area contributed by atoms with Crippen LogP contribution in [-0.2, 0) is 9.59 Å². The second-order valence-corrected chi connectivity index (χ2v) is 11.1. The number of carbonyl (C=O) groups is 2. The van der Waals surface area contributed by atoms with E-state index in [0.717, 1.165) is 25.2 Å². The van der Waals surface area contributed by atoms with Crippen LogP contribution in [0.15, 0.2) is 0 Å². The van der Waals surface area contributed by atoms with E-state index in [1.54, 1.807) is 0 Å². The van der Waals surface area contributed by atoms with Crippen LogP contribution < -0.4 is 0 Å². The van der Waals surface area contributed by atoms with Crippen molar-refractivity contribution in [3.8, 4) is 0 Å². The fraction of sp³-hybridized carbons (Fsp3) is 0.913. The van der Waals surface area contributed by atoms with E-state index in [1.165, 1.54) is 25.7 Å². The molecule has 4 atom stereocenters. The van der Waals surface area contributed by atoms with Crippen LogP contribution in [0, 0.1) is 34.5 Å². The van der Waals surface area contributed by atoms with Gasteiger partial charge >= 0.3 is 11.9 Å². The average molecular weight is 383 g/mol. The first-order valence-corrected chi connectivity index (χ1v) is 10.7. The van der Waals surface area contributed by atoms with Gasteiger partial charge in [-0.3, -0.25) is 9.59 Å². The van der Waals surface area contributed by atoms with Gasteiger partial charge in [0.15, 0.2) is 0 Å². The molecule has 4 unspecified atom stereocenters. The molecule has 0 aromatic heterocycles. The second-order valence-electron chi connectivity index (χ2n) is 11.1. The molecule has 0 spiro atoms. The van der Waals surface area contributed by atoms with Gasteiger partial charge < -0.3 is 10.2 Å². The van der Waals surface area contributed by atoms with E-state index in [1.807, 2.05) is 0 Å². The van der Waals surface area contributed by atoms with E-state index in [2.05, 4.69) is 41.5 Å². The van der Waals surface area contributed by atoms with Gasteiger partial charge in [-0.15, -0.1) is 0 Å². The number of carboxylic acid groups (broad SMARTS) is 2. The third-order valence-electron chi connectivity index (χ3n) is 6.19. The first-order valence-electron chi connectivity index (χ1n) is 10.7. The zero-order valence-electron chi connectivity index (χ0n) is 18.4. The van der Waals surface area contributed by atoms with Crippen LogP contribution in [0.1, 0.15) is 99.3 Å². The minimum absolute atomic E-state index is 0.341. The molecule has 0 heterocycles. The van der Waals surface area contributed by atoms with E-state index < -0.39 is 11.9 Å². The molecular formula is C23H42O4. The summed E-state index contributed by atoms with van der Waals surface area (Å²) in [5, 5.41) is 17.4. The van der Waals surface area contributed by atoms with E-state index in [9.17, 15) is 9.59 Å². The number of hydrogen-bond donors (Lipinski definition) is 2. The molecule has 0 amide bonds. The minimum atomic E-state index is -0.652. The Kier molecular flexibility index (Phi) is 8.82. The Bertz CT molecular complexity index is 495. The van der Waals surface area contributed by atoms with Crippen molar-refractivity contribution in [3.05, 3.63) is 0 Å². The minimum Gasteiger partial charge on any atom is -0.481 e. The van der Waals surface area contributed by atoms with Crippen molar-refractivity contribution in [1.82, 2.24) is 0 Å². The lowest BCUT2D eigenvalue weighted by Gasteiger charge is -2.39. The molecule has 27 heavy (non-hydrogen) atoms. The molecule has 0 radical (unpaired) electrons. The summed E-state index contributed by atoms with van der Waals surface area (Å²) in [7, 11) is 0. The fourth-order valence-corrected chi connectivity index (χ4v) is 6.04. The number of rotatable bonds is 5. The Balaban J connectivity index is 0.000000271. The highest BCUT2D eigenvalue weighted by molar-refractivity contribution is 5.67. The normalized spacial score (nSPS) is 32.1. The Morgan fingerprint density at radius 2 is 1.22 bits per heavy atom. The maximum Gasteiger partial charge on any atom is 0.303 e. The lowest BCUT2D eigenvalue weighted by atomic mass is 9.67. The van der Waals surface area contributed by atoms with Crippen molar-refractivity contribution < 1.29 is 19.8 Å². The predicted octanol–water partition coefficient (Wildman–Crippen LogP) is 6.24. The first kappa shape index (κ1) is 24.0. The second kappa shape index (κ2) is 9.93. The van der Waals surface area contributed by atoms with Crippen LogP contribution in [0.3, 0.4) is 0 Å². The summed E-state index contributed by atoms with van der Waals surface area (Å²) in [6.45, 7) is 13.6. The van der Waals surface area contributed by atoms with E-state index >= 15 is 0 Å². The summed E-state index contributed by atoms with van der Waals surface area (Å²) < 4.78 is 0. The summed E-state index contributed by atoms with van der Waals surface area (Å²) in [6, 6.07) is 0. The topological polar surface area (TPSA) is 74.6 Å². The molecule has 0 aromatic rings. The van der Waals surface area contributed by atoms with Gasteiger partial charge in [-0.25, -0.2) is 0 Å². The maximum atomic E-state index is 10.6. The lowest BCUT2D eigenvalue weighted by molar-refractivity contribution is -0.139. The van der Waals surface area contributed by atoms with Gasteiger partial charge in [0, 0.05) is 12.8 Å². The van der Waals surface area contributed by atoms with Gasteiger partial charge in [-0.2, -0.15) is 0 Å². The molecule has 2 aliphatic rings. The van der Waals surface area contributed by atoms with Crippen molar-refractivity contribution in [2.45, 2.75) is 99.3 Å². The van der Waals surface area contributed by atoms with Crippen molar-refractivity contribution in [2.24, 2.45) is 34.5 Å². The Labute approximate surface area is 166 Å². The zero-order chi connectivity index (χ0) is 20.8.